The molecule has 2 saturated heterocycles. The van der Waals surface area contributed by atoms with Gasteiger partial charge in [-0.15, -0.1) is 0 Å². The van der Waals surface area contributed by atoms with Gasteiger partial charge in [0, 0.05) is 31.2 Å². The number of piperidine rings is 1. The number of nitrogens with zero attached hydrogens (tertiary/aromatic N) is 2. The first kappa shape index (κ1) is 21.1. The summed E-state index contributed by atoms with van der Waals surface area (Å²) in [6.45, 7) is 5.08. The lowest BCUT2D eigenvalue weighted by atomic mass is 9.91. The molecule has 32 heavy (non-hydrogen) atoms. The van der Waals surface area contributed by atoms with E-state index < -0.39 is 11.7 Å². The Morgan fingerprint density at radius 2 is 1.91 bits per heavy atom. The van der Waals surface area contributed by atoms with Crippen LogP contribution in [0.4, 0.5) is 13.2 Å². The van der Waals surface area contributed by atoms with Crippen molar-refractivity contribution in [2.45, 2.75) is 38.5 Å². The van der Waals surface area contributed by atoms with Crippen molar-refractivity contribution in [3.05, 3.63) is 58.7 Å². The number of hydrogen-bond donors (Lipinski definition) is 0. The molecule has 5 nitrogen and oxygen atoms in total. The number of likely N-dealkylation sites (tertiary alicyclic amines) is 2. The number of ether oxygens (including phenoxy) is 2. The number of benzene rings is 2. The zero-order chi connectivity index (χ0) is 22.5. The monoisotopic (exact) mass is 446 g/mol. The number of hydrogen-bond acceptors (Lipinski definition) is 4. The van der Waals surface area contributed by atoms with E-state index in [-0.39, 0.29) is 24.3 Å². The summed E-state index contributed by atoms with van der Waals surface area (Å²) in [5.74, 6) is 1.52. The van der Waals surface area contributed by atoms with Crippen molar-refractivity contribution in [3.8, 4) is 11.5 Å². The second-order valence-electron chi connectivity index (χ2n) is 8.86. The molecule has 2 aromatic carbocycles. The van der Waals surface area contributed by atoms with E-state index in [1.54, 1.807) is 4.90 Å². The number of aryl methyl sites for hydroxylation is 1. The Morgan fingerprint density at radius 1 is 1.12 bits per heavy atom. The van der Waals surface area contributed by atoms with Crippen molar-refractivity contribution in [3.63, 3.8) is 0 Å². The van der Waals surface area contributed by atoms with E-state index in [0.29, 0.717) is 19.0 Å². The van der Waals surface area contributed by atoms with E-state index in [0.717, 1.165) is 60.7 Å². The van der Waals surface area contributed by atoms with Gasteiger partial charge < -0.3 is 14.4 Å². The second kappa shape index (κ2) is 7.99. The molecule has 0 aliphatic carbocycles. The van der Waals surface area contributed by atoms with Crippen LogP contribution in [0.2, 0.25) is 0 Å². The lowest BCUT2D eigenvalue weighted by Gasteiger charge is -2.37. The number of carbonyl (C=O) groups excluding carboxylic acids is 1. The molecule has 3 aliphatic rings. The fraction of sp³-hybridized carbons (Fsp3) is 0.458. The Labute approximate surface area is 184 Å². The number of halogens is 3. The van der Waals surface area contributed by atoms with Crippen molar-refractivity contribution in [2.24, 2.45) is 5.92 Å². The van der Waals surface area contributed by atoms with Crippen LogP contribution in [0.25, 0.3) is 0 Å². The third-order valence-electron chi connectivity index (χ3n) is 6.82. The van der Waals surface area contributed by atoms with Gasteiger partial charge in [0.1, 0.15) is 0 Å². The molecule has 2 fully saturated rings. The quantitative estimate of drug-likeness (QED) is 0.697. The van der Waals surface area contributed by atoms with Crippen molar-refractivity contribution in [2.75, 3.05) is 26.4 Å². The molecular weight excluding hydrogens is 421 g/mol. The molecule has 3 aliphatic heterocycles. The standard InChI is InChI=1S/C24H25F3N2O3/c1-15-8-21-22(32-14-31-21)10-18(15)12-28-7-3-5-17-11-29(13-20(17)28)23(30)16-4-2-6-19(9-16)24(25,26)27/h2,4,6,8-10,17,20H,3,5,7,11-14H2,1H3/t17-,20+/m1/s1. The van der Waals surface area contributed by atoms with Crippen LogP contribution in [-0.4, -0.2) is 48.2 Å². The first-order chi connectivity index (χ1) is 15.3. The van der Waals surface area contributed by atoms with E-state index in [4.69, 9.17) is 9.47 Å². The summed E-state index contributed by atoms with van der Waals surface area (Å²) in [5.41, 5.74) is 1.60. The van der Waals surface area contributed by atoms with Gasteiger partial charge in [0.15, 0.2) is 11.5 Å². The summed E-state index contributed by atoms with van der Waals surface area (Å²) in [5, 5.41) is 0. The average Bonchev–Trinajstić information content (AvgIpc) is 3.40. The molecule has 0 spiro atoms. The van der Waals surface area contributed by atoms with E-state index in [1.165, 1.54) is 12.1 Å². The summed E-state index contributed by atoms with van der Waals surface area (Å²) < 4.78 is 50.2. The van der Waals surface area contributed by atoms with Gasteiger partial charge in [0.05, 0.1) is 5.56 Å². The molecule has 2 aromatic rings. The van der Waals surface area contributed by atoms with Crippen LogP contribution >= 0.6 is 0 Å². The average molecular weight is 446 g/mol. The highest BCUT2D eigenvalue weighted by molar-refractivity contribution is 5.94. The van der Waals surface area contributed by atoms with Crippen LogP contribution < -0.4 is 9.47 Å². The fourth-order valence-electron chi connectivity index (χ4n) is 5.12. The van der Waals surface area contributed by atoms with Crippen molar-refractivity contribution in [1.82, 2.24) is 9.80 Å². The van der Waals surface area contributed by atoms with Crippen molar-refractivity contribution in [1.29, 1.82) is 0 Å². The minimum atomic E-state index is -4.46. The van der Waals surface area contributed by atoms with Crippen LogP contribution in [0.3, 0.4) is 0 Å². The highest BCUT2D eigenvalue weighted by Crippen LogP contribution is 2.37. The maximum absolute atomic E-state index is 13.1. The molecule has 2 atom stereocenters. The SMILES string of the molecule is Cc1cc2c(cc1CN1CCC[C@@H]3CN(C(=O)c4cccc(C(F)(F)F)c4)C[C@@H]31)OCO2. The van der Waals surface area contributed by atoms with Crippen molar-refractivity contribution < 1.29 is 27.4 Å². The molecule has 3 heterocycles. The maximum Gasteiger partial charge on any atom is 0.416 e. The summed E-state index contributed by atoms with van der Waals surface area (Å²) in [7, 11) is 0. The number of rotatable bonds is 3. The molecule has 1 amide bonds. The molecule has 0 radical (unpaired) electrons. The van der Waals surface area contributed by atoms with Gasteiger partial charge >= 0.3 is 6.18 Å². The predicted molar refractivity (Wildman–Crippen MR) is 112 cm³/mol. The van der Waals surface area contributed by atoms with Crippen molar-refractivity contribution >= 4 is 5.91 Å². The summed E-state index contributed by atoms with van der Waals surface area (Å²) in [4.78, 5) is 17.1. The van der Waals surface area contributed by atoms with E-state index in [1.807, 2.05) is 12.1 Å². The minimum Gasteiger partial charge on any atom is -0.454 e. The molecule has 0 bridgehead atoms. The van der Waals surface area contributed by atoms with Gasteiger partial charge in [-0.1, -0.05) is 6.07 Å². The Kier molecular flexibility index (Phi) is 5.28. The zero-order valence-electron chi connectivity index (χ0n) is 17.8. The van der Waals surface area contributed by atoms with Crippen LogP contribution in [0.1, 0.15) is 39.9 Å². The van der Waals surface area contributed by atoms with Crippen LogP contribution in [0.5, 0.6) is 11.5 Å². The molecular formula is C24H25F3N2O3. The molecule has 8 heteroatoms. The minimum absolute atomic E-state index is 0.0941. The van der Waals surface area contributed by atoms with E-state index >= 15 is 0 Å². The van der Waals surface area contributed by atoms with Crippen LogP contribution in [-0.2, 0) is 12.7 Å². The first-order valence-electron chi connectivity index (χ1n) is 10.9. The maximum atomic E-state index is 13.1. The molecule has 5 rings (SSSR count). The fourth-order valence-corrected chi connectivity index (χ4v) is 5.12. The first-order valence-corrected chi connectivity index (χ1v) is 10.9. The number of alkyl halides is 3. The molecule has 0 N–H and O–H groups in total. The summed E-state index contributed by atoms with van der Waals surface area (Å²) in [6, 6.07) is 8.94. The van der Waals surface area contributed by atoms with Gasteiger partial charge in [0.2, 0.25) is 6.79 Å². The molecule has 0 aromatic heterocycles. The lowest BCUT2D eigenvalue weighted by Crippen LogP contribution is -2.44. The van der Waals surface area contributed by atoms with E-state index in [9.17, 15) is 18.0 Å². The summed E-state index contributed by atoms with van der Waals surface area (Å²) in [6.07, 6.45) is -2.40. The Morgan fingerprint density at radius 3 is 2.69 bits per heavy atom. The van der Waals surface area contributed by atoms with Crippen LogP contribution in [0, 0.1) is 12.8 Å². The van der Waals surface area contributed by atoms with Gasteiger partial charge in [-0.2, -0.15) is 13.2 Å². The smallest absolute Gasteiger partial charge is 0.416 e. The van der Waals surface area contributed by atoms with Crippen LogP contribution in [0.15, 0.2) is 36.4 Å². The Hall–Kier alpha value is -2.74. The topological polar surface area (TPSA) is 42.0 Å². The highest BCUT2D eigenvalue weighted by atomic mass is 19.4. The third-order valence-corrected chi connectivity index (χ3v) is 6.82. The zero-order valence-corrected chi connectivity index (χ0v) is 17.8. The molecule has 0 unspecified atom stereocenters. The number of amides is 1. The molecule has 0 saturated carbocycles. The normalized spacial score (nSPS) is 22.8. The number of fused-ring (bicyclic) bond motifs is 2. The Balaban J connectivity index is 1.32. The predicted octanol–water partition coefficient (Wildman–Crippen LogP) is 4.48. The van der Waals surface area contributed by atoms with E-state index in [2.05, 4.69) is 11.8 Å². The van der Waals surface area contributed by atoms with Gasteiger partial charge in [-0.25, -0.2) is 0 Å². The number of carbonyl (C=O) groups is 1. The van der Waals surface area contributed by atoms with Gasteiger partial charge in [-0.05, 0) is 73.7 Å². The second-order valence-corrected chi connectivity index (χ2v) is 8.86. The molecule has 170 valence electrons. The largest absolute Gasteiger partial charge is 0.454 e. The van der Waals surface area contributed by atoms with Gasteiger partial charge in [0.25, 0.3) is 5.91 Å². The highest BCUT2D eigenvalue weighted by Gasteiger charge is 2.41. The lowest BCUT2D eigenvalue weighted by molar-refractivity contribution is -0.137. The Bertz CT molecular complexity index is 1040. The third kappa shape index (κ3) is 3.92. The summed E-state index contributed by atoms with van der Waals surface area (Å²) >= 11 is 0. The van der Waals surface area contributed by atoms with Gasteiger partial charge in [-0.3, -0.25) is 9.69 Å².